The Balaban J connectivity index is 2.39. The van der Waals surface area contributed by atoms with E-state index in [0.717, 1.165) is 0 Å². The number of guanidine groups is 4. The summed E-state index contributed by atoms with van der Waals surface area (Å²) in [6, 6.07) is 12.1. The molecular weight excluding hydrogens is 1240 g/mol. The molecule has 34 nitrogen and oxygen atoms in total. The van der Waals surface area contributed by atoms with Crippen molar-refractivity contribution < 1.29 is 67.6 Å². The van der Waals surface area contributed by atoms with E-state index in [2.05, 4.69) is 41.2 Å². The largest absolute Gasteiger partial charge is 0.370 e. The molecule has 2 aromatic rings. The minimum absolute atomic E-state index is 0.00644. The van der Waals surface area contributed by atoms with E-state index in [4.69, 9.17) is 34.4 Å². The summed E-state index contributed by atoms with van der Waals surface area (Å²) < 4.78 is 0. The summed E-state index contributed by atoms with van der Waals surface area (Å²) in [5.41, 5.74) is 37.0. The van der Waals surface area contributed by atoms with E-state index in [0.29, 0.717) is 11.1 Å². The molecule has 2 rings (SSSR count). The summed E-state index contributed by atoms with van der Waals surface area (Å²) >= 11 is 0. The number of hydrogen-bond donors (Lipinski definition) is 12. The molecule has 0 aliphatic carbocycles. The Kier molecular flexibility index (Phi) is 36.4. The lowest BCUT2D eigenvalue weighted by molar-refractivity contribution is -0.525. The summed E-state index contributed by atoms with van der Waals surface area (Å²) in [6.07, 6.45) is -5.85. The number of rotatable bonds is 48. The number of ketones is 9. The number of amides is 3. The van der Waals surface area contributed by atoms with Crippen molar-refractivity contribution >= 4 is 93.6 Å². The van der Waals surface area contributed by atoms with Crippen LogP contribution >= 0.6 is 0 Å². The van der Waals surface area contributed by atoms with Gasteiger partial charge in [-0.05, 0) is 103 Å². The molecule has 0 saturated carbocycles. The summed E-state index contributed by atoms with van der Waals surface area (Å²) in [5.74, 6) is -13.1. The minimum atomic E-state index is -1.44. The topological polar surface area (TPSA) is 569 Å². The van der Waals surface area contributed by atoms with Crippen molar-refractivity contribution in [3.63, 3.8) is 0 Å². The molecule has 0 spiro atoms. The Labute approximate surface area is 548 Å². The average molecular weight is 1330 g/mol. The van der Waals surface area contributed by atoms with Gasteiger partial charge in [-0.2, -0.15) is 0 Å². The van der Waals surface area contributed by atoms with Crippen LogP contribution in [0.25, 0.3) is 0 Å². The highest BCUT2D eigenvalue weighted by molar-refractivity contribution is 6.09. The predicted molar refractivity (Wildman–Crippen MR) is 349 cm³/mol. The first-order chi connectivity index (χ1) is 44.7. The van der Waals surface area contributed by atoms with E-state index >= 15 is 0 Å². The second-order valence-corrected chi connectivity index (χ2v) is 23.6. The third-order valence-corrected chi connectivity index (χ3v) is 14.0. The second-order valence-electron chi connectivity index (χ2n) is 23.6. The van der Waals surface area contributed by atoms with Gasteiger partial charge in [0.25, 0.3) is 11.9 Å². The number of Topliss-reactive ketones (excluding diaryl/α,β-unsaturated/α-hetero) is 9. The first-order valence-electron chi connectivity index (χ1n) is 30.6. The number of nitrogens with zero attached hydrogens (tertiary/aromatic N) is 6. The predicted octanol–water partition coefficient (Wildman–Crippen LogP) is -0.963. The summed E-state index contributed by atoms with van der Waals surface area (Å²) in [5, 5.41) is 30.4. The number of nitrogens with one attached hydrogen (secondary N) is 6. The van der Waals surface area contributed by atoms with Crippen LogP contribution in [0.4, 0.5) is 0 Å². The summed E-state index contributed by atoms with van der Waals surface area (Å²) in [7, 11) is 0. The molecule has 34 heteroatoms. The zero-order valence-electron chi connectivity index (χ0n) is 54.0. The highest BCUT2D eigenvalue weighted by atomic mass is 16.7. The molecule has 0 aliphatic rings. The van der Waals surface area contributed by atoms with Crippen molar-refractivity contribution in [2.45, 2.75) is 173 Å². The van der Waals surface area contributed by atoms with E-state index in [1.807, 2.05) is 0 Å². The molecule has 18 N–H and O–H groups in total. The molecule has 0 radical (unpaired) electrons. The van der Waals surface area contributed by atoms with Crippen molar-refractivity contribution in [3.8, 4) is 0 Å². The van der Waals surface area contributed by atoms with E-state index in [1.54, 1.807) is 92.3 Å². The highest BCUT2D eigenvalue weighted by Gasteiger charge is 2.34. The van der Waals surface area contributed by atoms with Gasteiger partial charge < -0.3 is 55.7 Å². The number of nitrogens with two attached hydrogens (primary N) is 6. The molecule has 520 valence electrons. The van der Waals surface area contributed by atoms with Crippen LogP contribution in [0.3, 0.4) is 0 Å². The Morgan fingerprint density at radius 3 is 1.21 bits per heavy atom. The highest BCUT2D eigenvalue weighted by Crippen LogP contribution is 2.21. The molecule has 0 aromatic heterocycles. The van der Waals surface area contributed by atoms with Crippen LogP contribution in [-0.4, -0.2) is 160 Å². The van der Waals surface area contributed by atoms with Crippen LogP contribution in [0.1, 0.15) is 142 Å². The molecule has 0 heterocycles. The number of carbonyl (C=O) groups is 12. The lowest BCUT2D eigenvalue weighted by Crippen LogP contribution is -2.49. The number of aliphatic imine (C=N–C) groups is 4. The van der Waals surface area contributed by atoms with E-state index in [9.17, 15) is 77.8 Å². The number of nitro groups is 2. The average Bonchev–Trinajstić information content (AvgIpc) is 1.10. The fraction of sp³-hybridized carbons (Fsp3) is 0.541. The first-order valence-corrected chi connectivity index (χ1v) is 30.6. The zero-order chi connectivity index (χ0) is 71.2. The van der Waals surface area contributed by atoms with E-state index in [1.165, 1.54) is 6.92 Å². The lowest BCUT2D eigenvalue weighted by Gasteiger charge is -2.28. The zero-order valence-corrected chi connectivity index (χ0v) is 54.0. The van der Waals surface area contributed by atoms with E-state index < -0.39 is 185 Å². The molecule has 6 unspecified atom stereocenters. The van der Waals surface area contributed by atoms with Gasteiger partial charge in [0.1, 0.15) is 28.9 Å². The van der Waals surface area contributed by atoms with Crippen molar-refractivity contribution in [1.82, 2.24) is 32.1 Å². The fourth-order valence-corrected chi connectivity index (χ4v) is 9.74. The summed E-state index contributed by atoms with van der Waals surface area (Å²) in [4.78, 5) is 201. The maximum Gasteiger partial charge on any atom is 0.251 e. The molecule has 6 atom stereocenters. The maximum absolute atomic E-state index is 14.2. The minimum Gasteiger partial charge on any atom is -0.370 e. The fourth-order valence-electron chi connectivity index (χ4n) is 9.74. The van der Waals surface area contributed by atoms with Gasteiger partial charge in [-0.15, -0.1) is 0 Å². The Hall–Kier alpha value is -10.3. The van der Waals surface area contributed by atoms with Crippen molar-refractivity contribution in [2.24, 2.45) is 66.2 Å². The van der Waals surface area contributed by atoms with E-state index in [-0.39, 0.29) is 102 Å². The van der Waals surface area contributed by atoms with Crippen molar-refractivity contribution in [1.29, 1.82) is 0 Å². The van der Waals surface area contributed by atoms with Crippen LogP contribution in [0.15, 0.2) is 80.6 Å². The molecule has 95 heavy (non-hydrogen) atoms. The van der Waals surface area contributed by atoms with Crippen molar-refractivity contribution in [3.05, 3.63) is 92.0 Å². The monoisotopic (exact) mass is 1330 g/mol. The number of benzene rings is 2. The SMILES string of the molecule is CC(=O)CC(=O)NC(Cc1ccccc1)C(=O)CC(=O)C(CC(=O)CC(=O)NC(CCCN=C(N)N)C(=O)CC(=O)C(CCCN=C(N)N)CC(=O)CC(=O)NC(CCCN=C(N)N[N+](=O)[O-])C(=O)CC(=O)C(CCCN=C(N)N[N+](=O)[O-])NC(C)(C)C)Cc1ccccc1. The maximum atomic E-state index is 14.2. The van der Waals surface area contributed by atoms with Crippen LogP contribution in [0.2, 0.25) is 0 Å². The molecular formula is C61H90N18O16. The molecule has 0 bridgehead atoms. The summed E-state index contributed by atoms with van der Waals surface area (Å²) in [6.45, 7) is 6.21. The molecule has 2 aromatic carbocycles. The van der Waals surface area contributed by atoms with Crippen LogP contribution in [0.5, 0.6) is 0 Å². The van der Waals surface area contributed by atoms with Gasteiger partial charge in [0.05, 0.1) is 62.7 Å². The number of hydrazine groups is 2. The van der Waals surface area contributed by atoms with Gasteiger partial charge >= 0.3 is 0 Å². The molecule has 0 saturated heterocycles. The van der Waals surface area contributed by atoms with Crippen LogP contribution < -0.4 is 66.5 Å². The number of hydrogen-bond acceptors (Lipinski definition) is 21. The van der Waals surface area contributed by atoms with Gasteiger partial charge in [0.2, 0.25) is 17.7 Å². The van der Waals surface area contributed by atoms with Gasteiger partial charge in [-0.25, -0.2) is 30.2 Å². The molecule has 0 aliphatic heterocycles. The Morgan fingerprint density at radius 1 is 0.442 bits per heavy atom. The third kappa shape index (κ3) is 37.1. The molecule has 3 amide bonds. The van der Waals surface area contributed by atoms with Gasteiger partial charge in [0.15, 0.2) is 45.1 Å². The van der Waals surface area contributed by atoms with Crippen LogP contribution in [0, 0.1) is 32.1 Å². The first kappa shape index (κ1) is 80.8. The van der Waals surface area contributed by atoms with Crippen molar-refractivity contribution in [2.75, 3.05) is 26.2 Å². The van der Waals surface area contributed by atoms with Gasteiger partial charge in [-0.1, -0.05) is 71.5 Å². The Bertz CT molecular complexity index is 3130. The number of carbonyl (C=O) groups excluding carboxylic acids is 12. The quantitative estimate of drug-likeness (QED) is 0.00948. The third-order valence-electron chi connectivity index (χ3n) is 14.0. The molecule has 0 fully saturated rings. The standard InChI is InChI=1S/C61H90N18O16/c1-37(80)27-54(89)74-47(29-39-17-9-6-10-18-39)53(88)35-49(84)41(28-38-15-7-5-8-16-38)31-43(82)33-56(91)72-44(20-12-24-69-58(64)65)50(85)34-48(83)40(19-11-23-68-57(62)63)30-42(81)32-55(90)73-45(21-13-25-70-59(66)76-78(92)93)51(86)36-52(87)46(75-61(2,3)4)22-14-26-71-60(67)77-79(94)95/h5-10,15-18,40-41,44-47,75H,11-14,19-36H2,1-4H3,(H,72,91)(H,73,90)(H,74,89)(H4,62,63,68)(H4,64,65,69)(H3,66,70,76)(H3,67,71,77). The van der Waals surface area contributed by atoms with Crippen LogP contribution in [-0.2, 0) is 70.4 Å². The normalized spacial score (nSPS) is 13.3. The smallest absolute Gasteiger partial charge is 0.251 e. The van der Waals surface area contributed by atoms with Gasteiger partial charge in [-0.3, -0.25) is 67.5 Å². The Morgan fingerprint density at radius 2 is 0.789 bits per heavy atom. The second kappa shape index (κ2) is 42.8. The van der Waals surface area contributed by atoms with Gasteiger partial charge in [0, 0.05) is 56.4 Å². The lowest BCUT2D eigenvalue weighted by atomic mass is 9.86.